The minimum Gasteiger partial charge on any atom is -0.332 e. The zero-order valence-electron chi connectivity index (χ0n) is 9.33. The minimum atomic E-state index is 0.0469. The Morgan fingerprint density at radius 3 is 2.82 bits per heavy atom. The van der Waals surface area contributed by atoms with E-state index in [2.05, 4.69) is 29.2 Å². The van der Waals surface area contributed by atoms with E-state index in [0.717, 1.165) is 16.4 Å². The number of hydrogen-bond donors (Lipinski definition) is 0. The predicted molar refractivity (Wildman–Crippen MR) is 78.4 cm³/mol. The van der Waals surface area contributed by atoms with Gasteiger partial charge in [-0.05, 0) is 53.6 Å². The Hall–Kier alpha value is -0.550. The molecule has 1 fully saturated rings. The highest BCUT2D eigenvalue weighted by atomic mass is 127. The zero-order valence-corrected chi connectivity index (χ0v) is 12.2. The van der Waals surface area contributed by atoms with Crippen molar-refractivity contribution in [3.63, 3.8) is 0 Å². The molecule has 17 heavy (non-hydrogen) atoms. The summed E-state index contributed by atoms with van der Waals surface area (Å²) < 4.78 is 0.961. The van der Waals surface area contributed by atoms with Gasteiger partial charge in [-0.15, -0.1) is 6.58 Å². The minimum absolute atomic E-state index is 0.0469. The van der Waals surface area contributed by atoms with Crippen LogP contribution in [0.4, 0.5) is 0 Å². The zero-order chi connectivity index (χ0) is 12.4. The number of benzene rings is 1. The number of carbonyl (C=O) groups excluding carboxylic acids is 1. The van der Waals surface area contributed by atoms with Crippen LogP contribution in [0.1, 0.15) is 23.2 Å². The van der Waals surface area contributed by atoms with Crippen molar-refractivity contribution in [2.75, 3.05) is 6.54 Å². The molecule has 0 radical (unpaired) electrons. The van der Waals surface area contributed by atoms with Gasteiger partial charge in [0.1, 0.15) is 0 Å². The molecule has 1 aromatic rings. The standard InChI is InChI=1S/C13H13ClINO/c1-2-7-16(10-4-5-10)13(17)9-3-6-12(15)11(14)8-9/h2-3,6,8,10H,1,4-5,7H2. The number of carbonyl (C=O) groups is 1. The third-order valence-electron chi connectivity index (χ3n) is 2.74. The lowest BCUT2D eigenvalue weighted by atomic mass is 10.2. The molecule has 1 aliphatic carbocycles. The molecule has 0 N–H and O–H groups in total. The number of halogens is 2. The Labute approximate surface area is 120 Å². The fourth-order valence-electron chi connectivity index (χ4n) is 1.72. The molecule has 0 heterocycles. The van der Waals surface area contributed by atoms with E-state index in [9.17, 15) is 4.79 Å². The molecule has 0 atom stereocenters. The Balaban J connectivity index is 2.21. The van der Waals surface area contributed by atoms with Gasteiger partial charge in [0, 0.05) is 21.7 Å². The second kappa shape index (κ2) is 5.40. The summed E-state index contributed by atoms with van der Waals surface area (Å²) in [7, 11) is 0. The van der Waals surface area contributed by atoms with Crippen molar-refractivity contribution in [1.29, 1.82) is 0 Å². The van der Waals surface area contributed by atoms with E-state index in [1.54, 1.807) is 12.1 Å². The van der Waals surface area contributed by atoms with Gasteiger partial charge in [-0.1, -0.05) is 17.7 Å². The van der Waals surface area contributed by atoms with Gasteiger partial charge in [0.05, 0.1) is 5.02 Å². The van der Waals surface area contributed by atoms with Gasteiger partial charge in [0.25, 0.3) is 5.91 Å². The van der Waals surface area contributed by atoms with Crippen molar-refractivity contribution in [2.45, 2.75) is 18.9 Å². The van der Waals surface area contributed by atoms with Crippen molar-refractivity contribution in [1.82, 2.24) is 4.90 Å². The SMILES string of the molecule is C=CCN(C(=O)c1ccc(I)c(Cl)c1)C1CC1. The molecule has 0 aromatic heterocycles. The summed E-state index contributed by atoms with van der Waals surface area (Å²) in [6.07, 6.45) is 3.96. The Morgan fingerprint density at radius 2 is 2.29 bits per heavy atom. The van der Waals surface area contributed by atoms with Gasteiger partial charge in [0.2, 0.25) is 0 Å². The van der Waals surface area contributed by atoms with Gasteiger partial charge >= 0.3 is 0 Å². The van der Waals surface area contributed by atoms with Gasteiger partial charge in [-0.25, -0.2) is 0 Å². The van der Waals surface area contributed by atoms with Crippen LogP contribution in [0, 0.1) is 3.57 Å². The molecule has 90 valence electrons. The number of rotatable bonds is 4. The Kier molecular flexibility index (Phi) is 4.09. The van der Waals surface area contributed by atoms with Crippen LogP contribution in [-0.4, -0.2) is 23.4 Å². The maximum absolute atomic E-state index is 12.3. The largest absolute Gasteiger partial charge is 0.332 e. The molecule has 1 saturated carbocycles. The van der Waals surface area contributed by atoms with Gasteiger partial charge in [-0.2, -0.15) is 0 Å². The summed E-state index contributed by atoms with van der Waals surface area (Å²) in [6.45, 7) is 4.30. The molecular formula is C13H13ClINO. The van der Waals surface area contributed by atoms with Gasteiger partial charge in [0.15, 0.2) is 0 Å². The normalized spacial score (nSPS) is 14.5. The van der Waals surface area contributed by atoms with Crippen LogP contribution < -0.4 is 0 Å². The first kappa shape index (κ1) is 12.9. The highest BCUT2D eigenvalue weighted by Crippen LogP contribution is 2.29. The van der Waals surface area contributed by atoms with Crippen LogP contribution in [0.5, 0.6) is 0 Å². The van der Waals surface area contributed by atoms with Crippen molar-refractivity contribution in [2.24, 2.45) is 0 Å². The second-order valence-corrected chi connectivity index (χ2v) is 5.68. The molecule has 0 unspecified atom stereocenters. The number of hydrogen-bond acceptors (Lipinski definition) is 1. The monoisotopic (exact) mass is 361 g/mol. The first-order valence-electron chi connectivity index (χ1n) is 5.50. The van der Waals surface area contributed by atoms with Crippen molar-refractivity contribution in [3.8, 4) is 0 Å². The van der Waals surface area contributed by atoms with Crippen LogP contribution in [-0.2, 0) is 0 Å². The highest BCUT2D eigenvalue weighted by Gasteiger charge is 2.32. The van der Waals surface area contributed by atoms with Crippen LogP contribution in [0.2, 0.25) is 5.02 Å². The lowest BCUT2D eigenvalue weighted by molar-refractivity contribution is 0.0762. The first-order chi connectivity index (χ1) is 8.13. The van der Waals surface area contributed by atoms with Crippen LogP contribution in [0.15, 0.2) is 30.9 Å². The van der Waals surface area contributed by atoms with E-state index in [1.807, 2.05) is 17.0 Å². The van der Waals surface area contributed by atoms with Gasteiger partial charge < -0.3 is 4.90 Å². The summed E-state index contributed by atoms with van der Waals surface area (Å²) >= 11 is 8.19. The molecule has 2 rings (SSSR count). The summed E-state index contributed by atoms with van der Waals surface area (Å²) in [5.74, 6) is 0.0469. The second-order valence-electron chi connectivity index (χ2n) is 4.11. The van der Waals surface area contributed by atoms with Crippen molar-refractivity contribution >= 4 is 40.1 Å². The Morgan fingerprint density at radius 1 is 1.59 bits per heavy atom. The topological polar surface area (TPSA) is 20.3 Å². The average Bonchev–Trinajstić information content (AvgIpc) is 3.13. The first-order valence-corrected chi connectivity index (χ1v) is 6.96. The summed E-state index contributed by atoms with van der Waals surface area (Å²) in [4.78, 5) is 14.2. The fraction of sp³-hybridized carbons (Fsp3) is 0.308. The lowest BCUT2D eigenvalue weighted by Crippen LogP contribution is -2.33. The summed E-state index contributed by atoms with van der Waals surface area (Å²) in [5.41, 5.74) is 0.657. The van der Waals surface area contributed by atoms with E-state index in [0.29, 0.717) is 23.2 Å². The molecule has 0 saturated heterocycles. The Bertz CT molecular complexity index is 457. The third-order valence-corrected chi connectivity index (χ3v) is 4.31. The van der Waals surface area contributed by atoms with Crippen LogP contribution in [0.25, 0.3) is 0 Å². The number of amides is 1. The average molecular weight is 362 g/mol. The molecular weight excluding hydrogens is 349 g/mol. The maximum Gasteiger partial charge on any atom is 0.254 e. The lowest BCUT2D eigenvalue weighted by Gasteiger charge is -2.20. The van der Waals surface area contributed by atoms with E-state index in [-0.39, 0.29) is 5.91 Å². The maximum atomic E-state index is 12.3. The van der Waals surface area contributed by atoms with Crippen LogP contribution in [0.3, 0.4) is 0 Å². The molecule has 1 amide bonds. The third kappa shape index (κ3) is 3.01. The summed E-state index contributed by atoms with van der Waals surface area (Å²) in [5, 5.41) is 0.630. The predicted octanol–water partition coefficient (Wildman–Crippen LogP) is 3.74. The van der Waals surface area contributed by atoms with E-state index >= 15 is 0 Å². The van der Waals surface area contributed by atoms with E-state index in [4.69, 9.17) is 11.6 Å². The molecule has 4 heteroatoms. The van der Waals surface area contributed by atoms with Crippen molar-refractivity contribution < 1.29 is 4.79 Å². The molecule has 1 aromatic carbocycles. The van der Waals surface area contributed by atoms with E-state index < -0.39 is 0 Å². The fourth-order valence-corrected chi connectivity index (χ4v) is 2.23. The van der Waals surface area contributed by atoms with Crippen LogP contribution >= 0.6 is 34.2 Å². The molecule has 2 nitrogen and oxygen atoms in total. The quantitative estimate of drug-likeness (QED) is 0.591. The molecule has 0 spiro atoms. The highest BCUT2D eigenvalue weighted by molar-refractivity contribution is 14.1. The number of nitrogens with zero attached hydrogens (tertiary/aromatic N) is 1. The van der Waals surface area contributed by atoms with E-state index in [1.165, 1.54) is 0 Å². The molecule has 1 aliphatic rings. The summed E-state index contributed by atoms with van der Waals surface area (Å²) in [6, 6.07) is 5.83. The van der Waals surface area contributed by atoms with Gasteiger partial charge in [-0.3, -0.25) is 4.79 Å². The van der Waals surface area contributed by atoms with Crippen molar-refractivity contribution in [3.05, 3.63) is 45.0 Å². The molecule has 0 aliphatic heterocycles. The smallest absolute Gasteiger partial charge is 0.254 e. The molecule has 0 bridgehead atoms.